The first-order valence-electron chi connectivity index (χ1n) is 10.3. The smallest absolute Gasteiger partial charge is 0.222 e. The highest BCUT2D eigenvalue weighted by atomic mass is 16.5. The second kappa shape index (κ2) is 8.59. The maximum Gasteiger partial charge on any atom is 0.222 e. The topological polar surface area (TPSA) is 77.0 Å². The van der Waals surface area contributed by atoms with Crippen molar-refractivity contribution in [2.75, 3.05) is 13.1 Å². The van der Waals surface area contributed by atoms with Crippen molar-refractivity contribution in [1.82, 2.24) is 24.8 Å². The van der Waals surface area contributed by atoms with Crippen LogP contribution in [0, 0.1) is 13.8 Å². The first kappa shape index (κ1) is 19.4. The highest BCUT2D eigenvalue weighted by Gasteiger charge is 2.24. The molecule has 4 heterocycles. The Bertz CT molecular complexity index is 936. The number of nitrogens with zero attached hydrogens (tertiary/aromatic N) is 5. The van der Waals surface area contributed by atoms with Gasteiger partial charge in [0.1, 0.15) is 5.76 Å². The van der Waals surface area contributed by atoms with Gasteiger partial charge < -0.3 is 9.42 Å². The number of aryl methyl sites for hydroxylation is 3. The summed E-state index contributed by atoms with van der Waals surface area (Å²) in [5.74, 6) is 1.50. The Labute approximate surface area is 170 Å². The molecule has 1 saturated heterocycles. The predicted molar refractivity (Wildman–Crippen MR) is 109 cm³/mol. The minimum Gasteiger partial charge on any atom is -0.361 e. The van der Waals surface area contributed by atoms with E-state index in [9.17, 15) is 4.79 Å². The lowest BCUT2D eigenvalue weighted by Crippen LogP contribution is -2.37. The number of piperidine rings is 1. The van der Waals surface area contributed by atoms with Gasteiger partial charge in [-0.2, -0.15) is 5.10 Å². The molecule has 3 aromatic rings. The molecule has 0 atom stereocenters. The van der Waals surface area contributed by atoms with Crippen LogP contribution >= 0.6 is 0 Å². The van der Waals surface area contributed by atoms with Crippen molar-refractivity contribution in [2.45, 2.75) is 52.0 Å². The molecular weight excluding hydrogens is 366 g/mol. The molecule has 7 heteroatoms. The zero-order valence-corrected chi connectivity index (χ0v) is 17.0. The monoisotopic (exact) mass is 393 g/mol. The van der Waals surface area contributed by atoms with E-state index in [0.717, 1.165) is 61.6 Å². The summed E-state index contributed by atoms with van der Waals surface area (Å²) in [6.07, 6.45) is 8.93. The first-order valence-corrected chi connectivity index (χ1v) is 10.3. The highest BCUT2D eigenvalue weighted by Crippen LogP contribution is 2.32. The number of likely N-dealkylation sites (tertiary alicyclic amines) is 1. The van der Waals surface area contributed by atoms with E-state index in [2.05, 4.69) is 27.4 Å². The number of carbonyl (C=O) groups excluding carboxylic acids is 1. The maximum absolute atomic E-state index is 12.5. The van der Waals surface area contributed by atoms with Crippen LogP contribution in [0.3, 0.4) is 0 Å². The van der Waals surface area contributed by atoms with Gasteiger partial charge in [0.05, 0.1) is 17.0 Å². The van der Waals surface area contributed by atoms with Gasteiger partial charge >= 0.3 is 0 Å². The fourth-order valence-corrected chi connectivity index (χ4v) is 4.13. The summed E-state index contributed by atoms with van der Waals surface area (Å²) in [6, 6.07) is 6.15. The van der Waals surface area contributed by atoms with E-state index in [4.69, 9.17) is 4.52 Å². The number of hydrogen-bond acceptors (Lipinski definition) is 5. The molecule has 0 spiro atoms. The Morgan fingerprint density at radius 1 is 1.24 bits per heavy atom. The molecule has 0 aromatic carbocycles. The summed E-state index contributed by atoms with van der Waals surface area (Å²) in [6.45, 7) is 6.27. The lowest BCUT2D eigenvalue weighted by atomic mass is 9.89. The van der Waals surface area contributed by atoms with Gasteiger partial charge in [-0.3, -0.25) is 14.5 Å². The molecule has 0 bridgehead atoms. The van der Waals surface area contributed by atoms with E-state index in [-0.39, 0.29) is 5.91 Å². The lowest BCUT2D eigenvalue weighted by Gasteiger charge is -2.32. The third-order valence-corrected chi connectivity index (χ3v) is 5.73. The van der Waals surface area contributed by atoms with E-state index >= 15 is 0 Å². The van der Waals surface area contributed by atoms with Crippen LogP contribution in [-0.4, -0.2) is 43.8 Å². The lowest BCUT2D eigenvalue weighted by molar-refractivity contribution is -0.132. The molecule has 1 aliphatic heterocycles. The Kier molecular flexibility index (Phi) is 5.74. The molecule has 3 aromatic heterocycles. The first-order chi connectivity index (χ1) is 14.1. The summed E-state index contributed by atoms with van der Waals surface area (Å²) >= 11 is 0. The quantitative estimate of drug-likeness (QED) is 0.638. The van der Waals surface area contributed by atoms with Crippen molar-refractivity contribution >= 4 is 5.91 Å². The molecule has 0 aliphatic carbocycles. The van der Waals surface area contributed by atoms with Crippen LogP contribution in [0.1, 0.15) is 48.6 Å². The molecule has 152 valence electrons. The number of hydrogen-bond donors (Lipinski definition) is 0. The number of rotatable bonds is 6. The third kappa shape index (κ3) is 4.39. The van der Waals surface area contributed by atoms with Crippen LogP contribution in [0.25, 0.3) is 11.3 Å². The van der Waals surface area contributed by atoms with Crippen LogP contribution in [0.5, 0.6) is 0 Å². The minimum absolute atomic E-state index is 0.252. The molecule has 0 saturated carbocycles. The van der Waals surface area contributed by atoms with Crippen LogP contribution in [-0.2, 0) is 11.3 Å². The van der Waals surface area contributed by atoms with Crippen molar-refractivity contribution in [3.05, 3.63) is 53.8 Å². The van der Waals surface area contributed by atoms with Crippen molar-refractivity contribution < 1.29 is 9.32 Å². The van der Waals surface area contributed by atoms with Gasteiger partial charge in [-0.05, 0) is 62.8 Å². The number of amides is 1. The Balaban J connectivity index is 1.32. The Morgan fingerprint density at radius 3 is 2.76 bits per heavy atom. The summed E-state index contributed by atoms with van der Waals surface area (Å²) in [7, 11) is 0. The van der Waals surface area contributed by atoms with Gasteiger partial charge in [0, 0.05) is 44.6 Å². The second-order valence-corrected chi connectivity index (χ2v) is 7.70. The molecule has 1 fully saturated rings. The Hall–Kier alpha value is -2.96. The number of aromatic nitrogens is 4. The van der Waals surface area contributed by atoms with Crippen molar-refractivity contribution in [2.24, 2.45) is 0 Å². The van der Waals surface area contributed by atoms with Gasteiger partial charge in [-0.15, -0.1) is 0 Å². The molecule has 29 heavy (non-hydrogen) atoms. The normalized spacial score (nSPS) is 15.0. The Morgan fingerprint density at radius 2 is 2.07 bits per heavy atom. The van der Waals surface area contributed by atoms with E-state index in [1.165, 1.54) is 5.56 Å². The molecule has 0 unspecified atom stereocenters. The summed E-state index contributed by atoms with van der Waals surface area (Å²) in [5, 5.41) is 8.22. The van der Waals surface area contributed by atoms with Crippen LogP contribution in [0.2, 0.25) is 0 Å². The van der Waals surface area contributed by atoms with E-state index in [1.807, 2.05) is 41.9 Å². The maximum atomic E-state index is 12.5. The molecule has 4 rings (SSSR count). The third-order valence-electron chi connectivity index (χ3n) is 5.73. The van der Waals surface area contributed by atoms with Crippen molar-refractivity contribution in [1.29, 1.82) is 0 Å². The van der Waals surface area contributed by atoms with Gasteiger partial charge in [-0.1, -0.05) is 5.16 Å². The number of carbonyl (C=O) groups is 1. The average molecular weight is 393 g/mol. The fourth-order valence-electron chi connectivity index (χ4n) is 4.13. The van der Waals surface area contributed by atoms with E-state index in [1.54, 1.807) is 6.20 Å². The average Bonchev–Trinajstić information content (AvgIpc) is 3.38. The number of pyridine rings is 1. The van der Waals surface area contributed by atoms with E-state index < -0.39 is 0 Å². The largest absolute Gasteiger partial charge is 0.361 e. The minimum atomic E-state index is 0.252. The van der Waals surface area contributed by atoms with Gasteiger partial charge in [-0.25, -0.2) is 0 Å². The standard InChI is InChI=1S/C22H27N5O2/c1-16-22(17(2)29-25-16)20-15-19(6-10-23-20)18-7-13-26(14-8-18)21(28)5-3-11-27-12-4-9-24-27/h4,6,9-10,12,15,18H,3,5,7-8,11,13-14H2,1-2H3. The molecule has 7 nitrogen and oxygen atoms in total. The summed E-state index contributed by atoms with van der Waals surface area (Å²) in [5.41, 5.74) is 4.04. The van der Waals surface area contributed by atoms with Crippen LogP contribution in [0.15, 0.2) is 41.3 Å². The summed E-state index contributed by atoms with van der Waals surface area (Å²) in [4.78, 5) is 19.1. The molecule has 1 amide bonds. The second-order valence-electron chi connectivity index (χ2n) is 7.70. The molecular formula is C22H27N5O2. The SMILES string of the molecule is Cc1noc(C)c1-c1cc(C2CCN(C(=O)CCCn3cccn3)CC2)ccn1. The zero-order valence-electron chi connectivity index (χ0n) is 17.0. The summed E-state index contributed by atoms with van der Waals surface area (Å²) < 4.78 is 7.17. The van der Waals surface area contributed by atoms with Gasteiger partial charge in [0.2, 0.25) is 5.91 Å². The van der Waals surface area contributed by atoms with Crippen LogP contribution in [0.4, 0.5) is 0 Å². The van der Waals surface area contributed by atoms with Crippen molar-refractivity contribution in [3.8, 4) is 11.3 Å². The van der Waals surface area contributed by atoms with E-state index in [0.29, 0.717) is 12.3 Å². The molecule has 0 N–H and O–H groups in total. The molecule has 1 aliphatic rings. The van der Waals surface area contributed by atoms with Gasteiger partial charge in [0.25, 0.3) is 0 Å². The van der Waals surface area contributed by atoms with Crippen LogP contribution < -0.4 is 0 Å². The van der Waals surface area contributed by atoms with Crippen molar-refractivity contribution in [3.63, 3.8) is 0 Å². The fraction of sp³-hybridized carbons (Fsp3) is 0.455. The zero-order chi connectivity index (χ0) is 20.2. The van der Waals surface area contributed by atoms with Gasteiger partial charge in [0.15, 0.2) is 0 Å². The predicted octanol–water partition coefficient (Wildman–Crippen LogP) is 3.74. The highest BCUT2D eigenvalue weighted by molar-refractivity contribution is 5.76. The molecule has 0 radical (unpaired) electrons.